The molecular formula is C9H16N2O4. The van der Waals surface area contributed by atoms with Crippen molar-refractivity contribution < 1.29 is 14.6 Å². The molecule has 86 valence electrons. The molecule has 0 aliphatic heterocycles. The fourth-order valence-electron chi connectivity index (χ4n) is 1.86. The first kappa shape index (κ1) is 11.7. The molecule has 0 spiro atoms. The zero-order chi connectivity index (χ0) is 11.3. The van der Waals surface area contributed by atoms with E-state index in [2.05, 4.69) is 4.74 Å². The minimum Gasteiger partial charge on any atom is -0.446 e. The summed E-state index contributed by atoms with van der Waals surface area (Å²) in [5.74, 6) is 0. The number of carbonyl (C=O) groups is 1. The zero-order valence-corrected chi connectivity index (χ0v) is 8.85. The summed E-state index contributed by atoms with van der Waals surface area (Å²) in [5, 5.41) is 10.7. The van der Waals surface area contributed by atoms with E-state index < -0.39 is 11.1 Å². The van der Waals surface area contributed by atoms with Gasteiger partial charge in [-0.3, -0.25) is 0 Å². The first-order valence-corrected chi connectivity index (χ1v) is 5.27. The highest BCUT2D eigenvalue weighted by Crippen LogP contribution is 2.23. The van der Waals surface area contributed by atoms with Gasteiger partial charge in [-0.05, 0) is 24.8 Å². The van der Waals surface area contributed by atoms with Crippen LogP contribution in [0.5, 0.6) is 0 Å². The summed E-state index contributed by atoms with van der Waals surface area (Å²) < 4.78 is 4.66. The van der Waals surface area contributed by atoms with E-state index in [4.69, 9.17) is 0 Å². The molecule has 6 nitrogen and oxygen atoms in total. The van der Waals surface area contributed by atoms with Crippen molar-refractivity contribution in [3.63, 3.8) is 0 Å². The predicted molar refractivity (Wildman–Crippen MR) is 52.7 cm³/mol. The molecule has 0 aromatic heterocycles. The van der Waals surface area contributed by atoms with Crippen LogP contribution in [0.4, 0.5) is 4.79 Å². The van der Waals surface area contributed by atoms with Crippen LogP contribution in [0.3, 0.4) is 0 Å². The van der Waals surface area contributed by atoms with Crippen molar-refractivity contribution >= 4 is 6.09 Å². The third-order valence-electron chi connectivity index (χ3n) is 2.55. The van der Waals surface area contributed by atoms with Gasteiger partial charge in [-0.2, -0.15) is 0 Å². The number of amides is 1. The van der Waals surface area contributed by atoms with Crippen molar-refractivity contribution in [1.82, 2.24) is 5.01 Å². The van der Waals surface area contributed by atoms with E-state index in [1.165, 1.54) is 0 Å². The van der Waals surface area contributed by atoms with Crippen molar-refractivity contribution in [2.24, 2.45) is 0 Å². The Kier molecular flexibility index (Phi) is 4.33. The van der Waals surface area contributed by atoms with Gasteiger partial charge in [0.05, 0.1) is 6.61 Å². The predicted octanol–water partition coefficient (Wildman–Crippen LogP) is 1.97. The van der Waals surface area contributed by atoms with E-state index in [0.29, 0.717) is 17.9 Å². The van der Waals surface area contributed by atoms with Gasteiger partial charge in [0.25, 0.3) is 0 Å². The van der Waals surface area contributed by atoms with E-state index in [1.54, 1.807) is 6.92 Å². The molecule has 1 saturated carbocycles. The van der Waals surface area contributed by atoms with Crippen LogP contribution in [0, 0.1) is 10.1 Å². The molecule has 0 N–H and O–H groups in total. The number of hydrogen-bond donors (Lipinski definition) is 0. The summed E-state index contributed by atoms with van der Waals surface area (Å²) >= 11 is 0. The van der Waals surface area contributed by atoms with Gasteiger partial charge >= 0.3 is 6.09 Å². The molecule has 0 bridgehead atoms. The lowest BCUT2D eigenvalue weighted by Crippen LogP contribution is -2.45. The number of carbonyl (C=O) groups excluding carboxylic acids is 1. The average molecular weight is 216 g/mol. The normalized spacial score (nSPS) is 17.1. The molecule has 0 atom stereocenters. The van der Waals surface area contributed by atoms with Gasteiger partial charge in [0.15, 0.2) is 5.03 Å². The smallest absolute Gasteiger partial charge is 0.446 e. The summed E-state index contributed by atoms with van der Waals surface area (Å²) in [5.41, 5.74) is 0. The van der Waals surface area contributed by atoms with Crippen LogP contribution in [0.2, 0.25) is 0 Å². The van der Waals surface area contributed by atoms with Gasteiger partial charge in [-0.25, -0.2) is 14.9 Å². The fraction of sp³-hybridized carbons (Fsp3) is 0.889. The van der Waals surface area contributed by atoms with Crippen molar-refractivity contribution in [2.75, 3.05) is 6.61 Å². The number of rotatable bonds is 3. The summed E-state index contributed by atoms with van der Waals surface area (Å²) in [6, 6.07) is -0.298. The Balaban J connectivity index is 2.63. The second-order valence-electron chi connectivity index (χ2n) is 3.57. The van der Waals surface area contributed by atoms with Crippen LogP contribution >= 0.6 is 0 Å². The number of ether oxygens (including phenoxy) is 1. The summed E-state index contributed by atoms with van der Waals surface area (Å²) in [4.78, 5) is 22.1. The lowest BCUT2D eigenvalue weighted by molar-refractivity contribution is -0.644. The number of hydrogen-bond acceptors (Lipinski definition) is 4. The van der Waals surface area contributed by atoms with Crippen LogP contribution in [0.1, 0.15) is 39.0 Å². The molecule has 6 heteroatoms. The maximum Gasteiger partial charge on any atom is 0.468 e. The quantitative estimate of drug-likeness (QED) is 0.534. The maximum atomic E-state index is 11.3. The Morgan fingerprint density at radius 1 is 1.47 bits per heavy atom. The average Bonchev–Trinajstić information content (AvgIpc) is 2.19. The fourth-order valence-corrected chi connectivity index (χ4v) is 1.86. The Hall–Kier alpha value is -1.33. The molecular weight excluding hydrogens is 200 g/mol. The van der Waals surface area contributed by atoms with Crippen LogP contribution in [0.25, 0.3) is 0 Å². The zero-order valence-electron chi connectivity index (χ0n) is 8.85. The van der Waals surface area contributed by atoms with E-state index in [9.17, 15) is 14.9 Å². The van der Waals surface area contributed by atoms with Crippen LogP contribution in [0.15, 0.2) is 0 Å². The van der Waals surface area contributed by atoms with Crippen LogP contribution in [-0.4, -0.2) is 28.8 Å². The SMILES string of the molecule is CCOC(=O)N(C1CCCCC1)[N+](=O)[O-]. The minimum atomic E-state index is -0.839. The second kappa shape index (κ2) is 5.53. The Labute approximate surface area is 88.3 Å². The third-order valence-corrected chi connectivity index (χ3v) is 2.55. The number of hydrazine groups is 1. The highest BCUT2D eigenvalue weighted by molar-refractivity contribution is 5.66. The molecule has 0 saturated heterocycles. The maximum absolute atomic E-state index is 11.3. The highest BCUT2D eigenvalue weighted by Gasteiger charge is 2.35. The summed E-state index contributed by atoms with van der Waals surface area (Å²) in [6.07, 6.45) is 3.52. The van der Waals surface area contributed by atoms with Gasteiger partial charge in [0.2, 0.25) is 0 Å². The van der Waals surface area contributed by atoms with E-state index in [0.717, 1.165) is 19.3 Å². The minimum absolute atomic E-state index is 0.163. The second-order valence-corrected chi connectivity index (χ2v) is 3.57. The van der Waals surface area contributed by atoms with Gasteiger partial charge < -0.3 is 4.74 Å². The third kappa shape index (κ3) is 3.07. The lowest BCUT2D eigenvalue weighted by Gasteiger charge is -2.25. The Bertz CT molecular complexity index is 238. The number of nitro groups is 1. The topological polar surface area (TPSA) is 72.7 Å². The molecule has 0 radical (unpaired) electrons. The largest absolute Gasteiger partial charge is 0.468 e. The summed E-state index contributed by atoms with van der Waals surface area (Å²) in [6.45, 7) is 1.80. The molecule has 0 aromatic carbocycles. The molecule has 1 aliphatic carbocycles. The Morgan fingerprint density at radius 2 is 2.07 bits per heavy atom. The van der Waals surface area contributed by atoms with Gasteiger partial charge in [-0.1, -0.05) is 19.3 Å². The lowest BCUT2D eigenvalue weighted by atomic mass is 9.95. The van der Waals surface area contributed by atoms with Gasteiger partial charge in [0, 0.05) is 0 Å². The van der Waals surface area contributed by atoms with Crippen molar-refractivity contribution in [3.05, 3.63) is 10.1 Å². The molecule has 1 aliphatic rings. The van der Waals surface area contributed by atoms with Crippen molar-refractivity contribution in [1.29, 1.82) is 0 Å². The van der Waals surface area contributed by atoms with Crippen molar-refractivity contribution in [3.8, 4) is 0 Å². The number of nitrogens with zero attached hydrogens (tertiary/aromatic N) is 2. The van der Waals surface area contributed by atoms with Crippen LogP contribution in [-0.2, 0) is 4.74 Å². The first-order valence-electron chi connectivity index (χ1n) is 5.27. The Morgan fingerprint density at radius 3 is 2.53 bits per heavy atom. The molecule has 1 fully saturated rings. The molecule has 15 heavy (non-hydrogen) atoms. The summed E-state index contributed by atoms with van der Waals surface area (Å²) in [7, 11) is 0. The van der Waals surface area contributed by atoms with E-state index in [-0.39, 0.29) is 12.6 Å². The van der Waals surface area contributed by atoms with Gasteiger partial charge in [-0.15, -0.1) is 0 Å². The molecule has 0 heterocycles. The van der Waals surface area contributed by atoms with Gasteiger partial charge in [0.1, 0.15) is 6.04 Å². The molecule has 1 amide bonds. The van der Waals surface area contributed by atoms with E-state index in [1.807, 2.05) is 0 Å². The van der Waals surface area contributed by atoms with Crippen LogP contribution < -0.4 is 0 Å². The monoisotopic (exact) mass is 216 g/mol. The van der Waals surface area contributed by atoms with E-state index >= 15 is 0 Å². The highest BCUT2D eigenvalue weighted by atomic mass is 16.7. The first-order chi connectivity index (χ1) is 7.16. The van der Waals surface area contributed by atoms with Crippen molar-refractivity contribution in [2.45, 2.75) is 45.1 Å². The molecule has 1 rings (SSSR count). The standard InChI is InChI=1S/C9H16N2O4/c1-2-15-9(12)10(11(13)14)8-6-4-3-5-7-8/h8H,2-7H2,1H3. The molecule has 0 aromatic rings. The molecule has 0 unspecified atom stereocenters.